The molecule has 0 spiro atoms. The Morgan fingerprint density at radius 3 is 1.88 bits per heavy atom. The summed E-state index contributed by atoms with van der Waals surface area (Å²) in [6, 6.07) is 25.7. The molecule has 5 nitrogen and oxygen atoms in total. The van der Waals surface area contributed by atoms with Gasteiger partial charge in [0.05, 0.1) is 17.6 Å². The van der Waals surface area contributed by atoms with Crippen LogP contribution in [0.1, 0.15) is 78.4 Å². The molecule has 3 aromatic rings. The molecule has 0 N–H and O–H groups in total. The van der Waals surface area contributed by atoms with Crippen molar-refractivity contribution in [2.24, 2.45) is 16.7 Å². The Kier molecular flexibility index (Phi) is 9.78. The molecule has 3 aromatic carbocycles. The Hall–Kier alpha value is -4.04. The van der Waals surface area contributed by atoms with Crippen LogP contribution in [0.3, 0.4) is 0 Å². The zero-order valence-corrected chi connectivity index (χ0v) is 25.8. The number of allylic oxidation sites excluding steroid dienone is 1. The summed E-state index contributed by atoms with van der Waals surface area (Å²) in [5.41, 5.74) is 4.98. The first-order chi connectivity index (χ1) is 19.9. The topological polar surface area (TPSA) is 68.6 Å². The van der Waals surface area contributed by atoms with Crippen LogP contribution in [-0.4, -0.2) is 19.2 Å². The van der Waals surface area contributed by atoms with Gasteiger partial charge in [-0.15, -0.1) is 0 Å². The normalized spacial score (nSPS) is 13.9. The minimum absolute atomic E-state index is 0.0438. The number of carbonyl (C=O) groups is 1. The summed E-state index contributed by atoms with van der Waals surface area (Å²) in [4.78, 5) is 12.9. The fourth-order valence-electron chi connectivity index (χ4n) is 4.95. The van der Waals surface area contributed by atoms with Crippen molar-refractivity contribution in [2.45, 2.75) is 67.2 Å². The molecule has 1 aliphatic carbocycles. The number of nitrogens with zero attached hydrogens (tertiary/aromatic N) is 1. The summed E-state index contributed by atoms with van der Waals surface area (Å²) in [6.45, 7) is 13.2. The highest BCUT2D eigenvalue weighted by molar-refractivity contribution is 5.73. The van der Waals surface area contributed by atoms with E-state index in [0.717, 1.165) is 53.2 Å². The molecule has 1 aliphatic rings. The lowest BCUT2D eigenvalue weighted by molar-refractivity contribution is -0.154. The van der Waals surface area contributed by atoms with E-state index in [1.54, 1.807) is 0 Å². The number of ether oxygens (including phenoxy) is 3. The maximum Gasteiger partial charge on any atom is 0.309 e. The summed E-state index contributed by atoms with van der Waals surface area (Å²) >= 11 is 0. The Labute approximate surface area is 251 Å². The summed E-state index contributed by atoms with van der Waals surface area (Å²) in [5.74, 6) is 2.09. The van der Waals surface area contributed by atoms with E-state index in [1.807, 2.05) is 72.8 Å². The van der Waals surface area contributed by atoms with E-state index in [-0.39, 0.29) is 29.3 Å². The van der Waals surface area contributed by atoms with Crippen LogP contribution in [0.4, 0.5) is 0 Å². The van der Waals surface area contributed by atoms with Gasteiger partial charge in [0.1, 0.15) is 30.5 Å². The molecule has 1 saturated carbocycles. The molecular formula is C37H43NO4. The Morgan fingerprint density at radius 2 is 1.38 bits per heavy atom. The first-order valence-corrected chi connectivity index (χ1v) is 14.8. The number of rotatable bonds is 10. The standard InChI is InChI=1S/C37H43NO4/c1-36(2,3)24-33(37(4,5)6)35(39)41-23-22-40-31-18-16-30(17-19-31)34(29-8-7-9-29)42-32-20-14-28(15-21-32)27-12-10-26(25-38)11-13-27/h10-21,33H,7-9,22-24H2,1-6H3. The van der Waals surface area contributed by atoms with Gasteiger partial charge in [-0.25, -0.2) is 0 Å². The Balaban J connectivity index is 1.34. The summed E-state index contributed by atoms with van der Waals surface area (Å²) in [5, 5.41) is 9.04. The van der Waals surface area contributed by atoms with Gasteiger partial charge in [0.25, 0.3) is 0 Å². The van der Waals surface area contributed by atoms with E-state index < -0.39 is 0 Å². The van der Waals surface area contributed by atoms with Crippen LogP contribution in [0.15, 0.2) is 78.4 Å². The fraction of sp³-hybridized carbons (Fsp3) is 0.405. The number of nitriles is 1. The highest BCUT2D eigenvalue weighted by atomic mass is 16.6. The minimum Gasteiger partial charge on any atom is -0.490 e. The zero-order chi connectivity index (χ0) is 30.3. The quantitative estimate of drug-likeness (QED) is 0.139. The van der Waals surface area contributed by atoms with E-state index in [9.17, 15) is 4.79 Å². The van der Waals surface area contributed by atoms with Gasteiger partial charge in [0.15, 0.2) is 0 Å². The number of benzene rings is 3. The highest BCUT2D eigenvalue weighted by Crippen LogP contribution is 2.37. The van der Waals surface area contributed by atoms with Crippen LogP contribution in [0.25, 0.3) is 16.9 Å². The van der Waals surface area contributed by atoms with Crippen LogP contribution < -0.4 is 9.47 Å². The highest BCUT2D eigenvalue weighted by Gasteiger charge is 2.35. The molecule has 1 fully saturated rings. The smallest absolute Gasteiger partial charge is 0.309 e. The number of esters is 1. The van der Waals surface area contributed by atoms with Gasteiger partial charge < -0.3 is 14.2 Å². The Morgan fingerprint density at radius 1 is 0.810 bits per heavy atom. The van der Waals surface area contributed by atoms with Gasteiger partial charge in [0.2, 0.25) is 0 Å². The molecule has 0 bridgehead atoms. The van der Waals surface area contributed by atoms with E-state index in [1.165, 1.54) is 12.0 Å². The number of carbonyl (C=O) groups excluding carboxylic acids is 1. The molecule has 42 heavy (non-hydrogen) atoms. The molecule has 220 valence electrons. The molecule has 0 saturated heterocycles. The van der Waals surface area contributed by atoms with E-state index in [0.29, 0.717) is 12.2 Å². The second kappa shape index (κ2) is 13.3. The summed E-state index contributed by atoms with van der Waals surface area (Å²) < 4.78 is 17.9. The van der Waals surface area contributed by atoms with Crippen LogP contribution >= 0.6 is 0 Å². The van der Waals surface area contributed by atoms with Crippen molar-refractivity contribution >= 4 is 11.7 Å². The van der Waals surface area contributed by atoms with Crippen LogP contribution in [0.2, 0.25) is 0 Å². The van der Waals surface area contributed by atoms with Crippen molar-refractivity contribution in [1.29, 1.82) is 5.26 Å². The lowest BCUT2D eigenvalue weighted by atomic mass is 9.72. The molecule has 4 rings (SSSR count). The number of hydrogen-bond acceptors (Lipinski definition) is 5. The van der Waals surface area contributed by atoms with Crippen LogP contribution in [0.5, 0.6) is 11.5 Å². The zero-order valence-electron chi connectivity index (χ0n) is 25.8. The minimum atomic E-state index is -0.165. The third-order valence-electron chi connectivity index (χ3n) is 7.56. The monoisotopic (exact) mass is 565 g/mol. The predicted octanol–water partition coefficient (Wildman–Crippen LogP) is 9.22. The van der Waals surface area contributed by atoms with Crippen molar-refractivity contribution in [1.82, 2.24) is 0 Å². The summed E-state index contributed by atoms with van der Waals surface area (Å²) in [6.07, 6.45) is 4.02. The lowest BCUT2D eigenvalue weighted by Gasteiger charge is -2.33. The molecule has 1 atom stereocenters. The summed E-state index contributed by atoms with van der Waals surface area (Å²) in [7, 11) is 0. The van der Waals surface area contributed by atoms with Crippen molar-refractivity contribution in [3.05, 3.63) is 89.5 Å². The van der Waals surface area contributed by atoms with Gasteiger partial charge in [-0.3, -0.25) is 4.79 Å². The maximum atomic E-state index is 12.9. The van der Waals surface area contributed by atoms with E-state index in [4.69, 9.17) is 19.5 Å². The van der Waals surface area contributed by atoms with Gasteiger partial charge in [-0.1, -0.05) is 65.8 Å². The largest absolute Gasteiger partial charge is 0.490 e. The van der Waals surface area contributed by atoms with E-state index in [2.05, 4.69) is 47.6 Å². The predicted molar refractivity (Wildman–Crippen MR) is 168 cm³/mol. The average Bonchev–Trinajstić information content (AvgIpc) is 2.92. The maximum absolute atomic E-state index is 12.9. The average molecular weight is 566 g/mol. The number of hydrogen-bond donors (Lipinski definition) is 0. The third-order valence-corrected chi connectivity index (χ3v) is 7.56. The molecule has 0 heterocycles. The van der Waals surface area contributed by atoms with Crippen molar-refractivity contribution in [3.8, 4) is 28.7 Å². The van der Waals surface area contributed by atoms with Crippen LogP contribution in [0, 0.1) is 28.1 Å². The van der Waals surface area contributed by atoms with Gasteiger partial charge in [0, 0.05) is 5.56 Å². The van der Waals surface area contributed by atoms with Crippen molar-refractivity contribution in [2.75, 3.05) is 13.2 Å². The fourth-order valence-corrected chi connectivity index (χ4v) is 4.95. The van der Waals surface area contributed by atoms with Crippen LogP contribution in [-0.2, 0) is 9.53 Å². The lowest BCUT2D eigenvalue weighted by Crippen LogP contribution is -2.34. The van der Waals surface area contributed by atoms with Gasteiger partial charge >= 0.3 is 5.97 Å². The van der Waals surface area contributed by atoms with Crippen molar-refractivity contribution in [3.63, 3.8) is 0 Å². The molecular weight excluding hydrogens is 522 g/mol. The molecule has 0 radical (unpaired) electrons. The molecule has 0 aliphatic heterocycles. The molecule has 0 amide bonds. The third kappa shape index (κ3) is 8.49. The second-order valence-electron chi connectivity index (χ2n) is 13.3. The first-order valence-electron chi connectivity index (χ1n) is 14.8. The molecule has 0 aromatic heterocycles. The SMILES string of the molecule is CC(C)(C)CC(C(=O)OCCOc1ccc(C(Oc2ccc(-c3ccc(C#N)cc3)cc2)=C2CCC2)cc1)C(C)(C)C. The van der Waals surface area contributed by atoms with Gasteiger partial charge in [-0.2, -0.15) is 5.26 Å². The van der Waals surface area contributed by atoms with Crippen molar-refractivity contribution < 1.29 is 19.0 Å². The second-order valence-corrected chi connectivity index (χ2v) is 13.3. The van der Waals surface area contributed by atoms with Gasteiger partial charge in [-0.05, 0) is 102 Å². The molecule has 5 heteroatoms. The van der Waals surface area contributed by atoms with E-state index >= 15 is 0 Å². The molecule has 1 unspecified atom stereocenters. The Bertz CT molecular complexity index is 1410. The first kappa shape index (κ1) is 30.9.